The summed E-state index contributed by atoms with van der Waals surface area (Å²) in [5, 5.41) is 0.856. The molecule has 0 spiro atoms. The minimum absolute atomic E-state index is 0.204. The standard InChI is InChI=1S/C29H33N5O2/c1-18(2)36-29(35)22-15-24-26(21-6-5-19(3)25(30)16-21)27(32-28(24)31-17-22)20-7-9-23(10-8-20)34-13-11-33(4)12-14-34/h5-10,15-18H,11-14,30H2,1-4H3,(H,31,32). The molecule has 1 fully saturated rings. The van der Waals surface area contributed by atoms with E-state index in [1.807, 2.05) is 39.0 Å². The molecule has 1 aliphatic heterocycles. The number of hydrogen-bond acceptors (Lipinski definition) is 6. The Labute approximate surface area is 211 Å². The van der Waals surface area contributed by atoms with Crippen LogP contribution in [0.3, 0.4) is 0 Å². The van der Waals surface area contributed by atoms with Crippen LogP contribution in [-0.2, 0) is 4.74 Å². The number of H-pyrrole nitrogens is 1. The zero-order chi connectivity index (χ0) is 25.4. The average molecular weight is 484 g/mol. The quantitative estimate of drug-likeness (QED) is 0.303. The molecule has 0 amide bonds. The predicted octanol–water partition coefficient (Wildman–Crippen LogP) is 5.10. The Kier molecular flexibility index (Phi) is 6.41. The monoisotopic (exact) mass is 483 g/mol. The van der Waals surface area contributed by atoms with Crippen LogP contribution in [0.15, 0.2) is 54.7 Å². The highest BCUT2D eigenvalue weighted by Crippen LogP contribution is 2.39. The van der Waals surface area contributed by atoms with E-state index in [0.717, 1.165) is 65.2 Å². The van der Waals surface area contributed by atoms with Crippen LogP contribution in [0.5, 0.6) is 0 Å². The van der Waals surface area contributed by atoms with E-state index < -0.39 is 0 Å². The molecule has 5 rings (SSSR count). The van der Waals surface area contributed by atoms with Gasteiger partial charge in [0.15, 0.2) is 0 Å². The normalized spacial score (nSPS) is 14.5. The highest BCUT2D eigenvalue weighted by Gasteiger charge is 2.20. The number of hydrogen-bond donors (Lipinski definition) is 2. The van der Waals surface area contributed by atoms with Gasteiger partial charge in [0.05, 0.1) is 17.4 Å². The van der Waals surface area contributed by atoms with Crippen molar-refractivity contribution in [3.63, 3.8) is 0 Å². The summed E-state index contributed by atoms with van der Waals surface area (Å²) in [6, 6.07) is 16.6. The Morgan fingerprint density at radius 1 is 1.03 bits per heavy atom. The van der Waals surface area contributed by atoms with Gasteiger partial charge in [-0.05, 0) is 68.8 Å². The second kappa shape index (κ2) is 9.66. The summed E-state index contributed by atoms with van der Waals surface area (Å²) < 4.78 is 5.42. The Balaban J connectivity index is 1.60. The second-order valence-electron chi connectivity index (χ2n) is 9.86. The molecule has 3 N–H and O–H groups in total. The van der Waals surface area contributed by atoms with Gasteiger partial charge >= 0.3 is 5.97 Å². The van der Waals surface area contributed by atoms with Crippen molar-refractivity contribution in [1.29, 1.82) is 0 Å². The summed E-state index contributed by atoms with van der Waals surface area (Å²) in [4.78, 5) is 25.5. The molecule has 186 valence electrons. The Bertz CT molecular complexity index is 1400. The number of nitrogens with zero attached hydrogens (tertiary/aromatic N) is 3. The third-order valence-electron chi connectivity index (χ3n) is 6.82. The molecule has 2 aromatic carbocycles. The van der Waals surface area contributed by atoms with Gasteiger partial charge in [-0.3, -0.25) is 0 Å². The first kappa shape index (κ1) is 23.9. The van der Waals surface area contributed by atoms with Crippen LogP contribution in [0.4, 0.5) is 11.4 Å². The van der Waals surface area contributed by atoms with E-state index in [1.165, 1.54) is 5.69 Å². The lowest BCUT2D eigenvalue weighted by atomic mass is 9.96. The van der Waals surface area contributed by atoms with Crippen LogP contribution < -0.4 is 10.6 Å². The lowest BCUT2D eigenvalue weighted by Gasteiger charge is -2.34. The van der Waals surface area contributed by atoms with Crippen molar-refractivity contribution in [1.82, 2.24) is 14.9 Å². The number of benzene rings is 2. The van der Waals surface area contributed by atoms with Crippen LogP contribution >= 0.6 is 0 Å². The van der Waals surface area contributed by atoms with Crippen LogP contribution in [0, 0.1) is 6.92 Å². The van der Waals surface area contributed by atoms with Crippen molar-refractivity contribution < 1.29 is 9.53 Å². The summed E-state index contributed by atoms with van der Waals surface area (Å²) in [7, 11) is 2.16. The van der Waals surface area contributed by atoms with E-state index in [9.17, 15) is 4.79 Å². The van der Waals surface area contributed by atoms with Crippen molar-refractivity contribution in [2.45, 2.75) is 26.9 Å². The molecular weight excluding hydrogens is 450 g/mol. The van der Waals surface area contributed by atoms with Gasteiger partial charge < -0.3 is 25.3 Å². The SMILES string of the molecule is Cc1ccc(-c2c(-c3ccc(N4CCN(C)CC4)cc3)[nH]c3ncc(C(=O)OC(C)C)cc23)cc1N. The van der Waals surface area contributed by atoms with Crippen LogP contribution in [0.1, 0.15) is 29.8 Å². The van der Waals surface area contributed by atoms with Crippen molar-refractivity contribution in [3.8, 4) is 22.4 Å². The number of aromatic nitrogens is 2. The Hall–Kier alpha value is -3.84. The molecule has 1 saturated heterocycles. The smallest absolute Gasteiger partial charge is 0.339 e. The molecule has 3 heterocycles. The number of fused-ring (bicyclic) bond motifs is 1. The van der Waals surface area contributed by atoms with Crippen molar-refractivity contribution in [3.05, 3.63) is 65.9 Å². The maximum Gasteiger partial charge on any atom is 0.339 e. The number of anilines is 2. The number of nitrogens with two attached hydrogens (primary N) is 1. The van der Waals surface area contributed by atoms with E-state index in [0.29, 0.717) is 11.2 Å². The number of likely N-dealkylation sites (N-methyl/N-ethyl adjacent to an activating group) is 1. The topological polar surface area (TPSA) is 87.5 Å². The molecule has 0 aliphatic carbocycles. The molecule has 0 bridgehead atoms. The fourth-order valence-corrected chi connectivity index (χ4v) is 4.68. The number of pyridine rings is 1. The molecule has 0 radical (unpaired) electrons. The molecule has 36 heavy (non-hydrogen) atoms. The van der Waals surface area contributed by atoms with E-state index in [-0.39, 0.29) is 12.1 Å². The van der Waals surface area contributed by atoms with Crippen molar-refractivity contribution >= 4 is 28.4 Å². The molecule has 7 nitrogen and oxygen atoms in total. The maximum atomic E-state index is 12.6. The van der Waals surface area contributed by atoms with E-state index in [2.05, 4.69) is 57.1 Å². The Morgan fingerprint density at radius 3 is 2.39 bits per heavy atom. The number of carbonyl (C=O) groups is 1. The van der Waals surface area contributed by atoms with Gasteiger partial charge in [-0.15, -0.1) is 0 Å². The van der Waals surface area contributed by atoms with Gasteiger partial charge in [0.25, 0.3) is 0 Å². The lowest BCUT2D eigenvalue weighted by molar-refractivity contribution is 0.0377. The van der Waals surface area contributed by atoms with Crippen molar-refractivity contribution in [2.24, 2.45) is 0 Å². The predicted molar refractivity (Wildman–Crippen MR) is 146 cm³/mol. The number of nitrogens with one attached hydrogen (secondary N) is 1. The molecule has 0 saturated carbocycles. The molecule has 4 aromatic rings. The third-order valence-corrected chi connectivity index (χ3v) is 6.82. The second-order valence-corrected chi connectivity index (χ2v) is 9.86. The molecule has 7 heteroatoms. The van der Waals surface area contributed by atoms with Crippen LogP contribution in [0.2, 0.25) is 0 Å². The van der Waals surface area contributed by atoms with E-state index in [1.54, 1.807) is 6.20 Å². The maximum absolute atomic E-state index is 12.6. The number of carbonyl (C=O) groups excluding carboxylic acids is 1. The number of aryl methyl sites for hydroxylation is 1. The number of nitrogen functional groups attached to an aromatic ring is 1. The first-order chi connectivity index (χ1) is 17.3. The first-order valence-corrected chi connectivity index (χ1v) is 12.4. The van der Waals surface area contributed by atoms with Crippen LogP contribution in [-0.4, -0.2) is 60.2 Å². The third kappa shape index (κ3) is 4.66. The van der Waals surface area contributed by atoms with E-state index in [4.69, 9.17) is 10.5 Å². The summed E-state index contributed by atoms with van der Waals surface area (Å²) in [5.41, 5.74) is 14.3. The van der Waals surface area contributed by atoms with E-state index >= 15 is 0 Å². The molecular formula is C29H33N5O2. The molecule has 0 unspecified atom stereocenters. The highest BCUT2D eigenvalue weighted by atomic mass is 16.5. The summed E-state index contributed by atoms with van der Waals surface area (Å²) in [6.07, 6.45) is 1.36. The van der Waals surface area contributed by atoms with Gasteiger partial charge in [-0.1, -0.05) is 24.3 Å². The number of aromatic amines is 1. The highest BCUT2D eigenvalue weighted by molar-refractivity contribution is 6.05. The fourth-order valence-electron chi connectivity index (χ4n) is 4.68. The largest absolute Gasteiger partial charge is 0.459 e. The lowest BCUT2D eigenvalue weighted by Crippen LogP contribution is -2.44. The molecule has 0 atom stereocenters. The van der Waals surface area contributed by atoms with Gasteiger partial charge in [0.2, 0.25) is 0 Å². The van der Waals surface area contributed by atoms with Gasteiger partial charge in [0, 0.05) is 54.7 Å². The van der Waals surface area contributed by atoms with Crippen molar-refractivity contribution in [2.75, 3.05) is 43.9 Å². The number of piperazine rings is 1. The zero-order valence-corrected chi connectivity index (χ0v) is 21.3. The summed E-state index contributed by atoms with van der Waals surface area (Å²) in [5.74, 6) is -0.381. The van der Waals surface area contributed by atoms with Crippen LogP contribution in [0.25, 0.3) is 33.4 Å². The minimum Gasteiger partial charge on any atom is -0.459 e. The molecule has 1 aliphatic rings. The Morgan fingerprint density at radius 2 is 1.72 bits per heavy atom. The number of esters is 1. The molecule has 2 aromatic heterocycles. The first-order valence-electron chi connectivity index (χ1n) is 12.4. The number of ether oxygens (including phenoxy) is 1. The van der Waals surface area contributed by atoms with Gasteiger partial charge in [0.1, 0.15) is 5.65 Å². The average Bonchev–Trinajstić information content (AvgIpc) is 3.25. The van der Waals surface area contributed by atoms with Gasteiger partial charge in [-0.2, -0.15) is 0 Å². The van der Waals surface area contributed by atoms with Gasteiger partial charge in [-0.25, -0.2) is 9.78 Å². The summed E-state index contributed by atoms with van der Waals surface area (Å²) in [6.45, 7) is 9.85. The summed E-state index contributed by atoms with van der Waals surface area (Å²) >= 11 is 0. The zero-order valence-electron chi connectivity index (χ0n) is 21.3. The minimum atomic E-state index is -0.381. The number of rotatable bonds is 5. The fraction of sp³-hybridized carbons (Fsp3) is 0.310.